The number of amides is 1. The van der Waals surface area contributed by atoms with Crippen molar-refractivity contribution >= 4 is 35.1 Å². The van der Waals surface area contributed by atoms with Crippen molar-refractivity contribution in [1.82, 2.24) is 10.3 Å². The molecule has 100 valence electrons. The van der Waals surface area contributed by atoms with E-state index < -0.39 is 0 Å². The average molecular weight is 288 g/mol. The van der Waals surface area contributed by atoms with Crippen LogP contribution in [-0.4, -0.2) is 36.0 Å². The molecule has 18 heavy (non-hydrogen) atoms. The molecule has 0 radical (unpaired) electrons. The van der Waals surface area contributed by atoms with E-state index in [-0.39, 0.29) is 5.91 Å². The fourth-order valence-electron chi connectivity index (χ4n) is 1.36. The molecule has 2 N–H and O–H groups in total. The van der Waals surface area contributed by atoms with Crippen LogP contribution in [0.15, 0.2) is 12.1 Å². The second-order valence-electron chi connectivity index (χ2n) is 3.90. The topological polar surface area (TPSA) is 54.0 Å². The quantitative estimate of drug-likeness (QED) is 0.790. The zero-order chi connectivity index (χ0) is 13.5. The molecule has 6 heteroatoms. The summed E-state index contributed by atoms with van der Waals surface area (Å²) in [4.78, 5) is 15.9. The summed E-state index contributed by atoms with van der Waals surface area (Å²) in [7, 11) is 1.74. The SMILES string of the molecule is CNc1cc(C(=O)NCCC(C)SC)cc(Cl)n1. The molecule has 4 nitrogen and oxygen atoms in total. The minimum absolute atomic E-state index is 0.121. The summed E-state index contributed by atoms with van der Waals surface area (Å²) in [6.45, 7) is 2.80. The van der Waals surface area contributed by atoms with Gasteiger partial charge in [-0.2, -0.15) is 11.8 Å². The first kappa shape index (κ1) is 15.1. The van der Waals surface area contributed by atoms with Gasteiger partial charge in [-0.25, -0.2) is 4.98 Å². The van der Waals surface area contributed by atoms with E-state index in [2.05, 4.69) is 28.8 Å². The van der Waals surface area contributed by atoms with Gasteiger partial charge in [0.1, 0.15) is 11.0 Å². The summed E-state index contributed by atoms with van der Waals surface area (Å²) in [5, 5.41) is 6.59. The van der Waals surface area contributed by atoms with Crippen LogP contribution < -0.4 is 10.6 Å². The number of halogens is 1. The number of hydrogen-bond donors (Lipinski definition) is 2. The van der Waals surface area contributed by atoms with Gasteiger partial charge in [0.25, 0.3) is 5.91 Å². The molecule has 0 aromatic carbocycles. The predicted octanol–water partition coefficient (Wildman–Crippen LogP) is 2.65. The lowest BCUT2D eigenvalue weighted by Gasteiger charge is -2.10. The highest BCUT2D eigenvalue weighted by atomic mass is 35.5. The standard InChI is InChI=1S/C12H18ClN3OS/c1-8(18-3)4-5-15-12(17)9-6-10(13)16-11(7-9)14-2/h6-8H,4-5H2,1-3H3,(H,14,16)(H,15,17). The van der Waals surface area contributed by atoms with Gasteiger partial charge in [0.2, 0.25) is 0 Å². The summed E-state index contributed by atoms with van der Waals surface area (Å²) in [5.41, 5.74) is 0.524. The second kappa shape index (κ2) is 7.48. The minimum Gasteiger partial charge on any atom is -0.373 e. The third-order valence-electron chi connectivity index (χ3n) is 2.55. The Bertz CT molecular complexity index is 414. The maximum Gasteiger partial charge on any atom is 0.251 e. The van der Waals surface area contributed by atoms with Crippen LogP contribution >= 0.6 is 23.4 Å². The lowest BCUT2D eigenvalue weighted by molar-refractivity contribution is 0.0953. The minimum atomic E-state index is -0.121. The zero-order valence-corrected chi connectivity index (χ0v) is 12.4. The van der Waals surface area contributed by atoms with Gasteiger partial charge in [-0.15, -0.1) is 0 Å². The molecular weight excluding hydrogens is 270 g/mol. The van der Waals surface area contributed by atoms with Crippen molar-refractivity contribution in [2.24, 2.45) is 0 Å². The van der Waals surface area contributed by atoms with Crippen LogP contribution in [-0.2, 0) is 0 Å². The molecule has 0 spiro atoms. The van der Waals surface area contributed by atoms with Crippen molar-refractivity contribution in [1.29, 1.82) is 0 Å². The van der Waals surface area contributed by atoms with Gasteiger partial charge in [0.15, 0.2) is 0 Å². The molecule has 0 bridgehead atoms. The Kier molecular flexibility index (Phi) is 6.29. The largest absolute Gasteiger partial charge is 0.373 e. The van der Waals surface area contributed by atoms with E-state index in [0.717, 1.165) is 6.42 Å². The molecule has 1 heterocycles. The maximum atomic E-state index is 11.9. The number of rotatable bonds is 6. The Balaban J connectivity index is 2.58. The molecule has 1 atom stereocenters. The van der Waals surface area contributed by atoms with Crippen LogP contribution in [0.4, 0.5) is 5.82 Å². The molecular formula is C12H18ClN3OS. The summed E-state index contributed by atoms with van der Waals surface area (Å²) in [6, 6.07) is 3.24. The van der Waals surface area contributed by atoms with Crippen LogP contribution in [0.2, 0.25) is 5.15 Å². The van der Waals surface area contributed by atoms with Crippen molar-refractivity contribution in [2.45, 2.75) is 18.6 Å². The number of anilines is 1. The number of carbonyl (C=O) groups excluding carboxylic acids is 1. The second-order valence-corrected chi connectivity index (χ2v) is 5.57. The number of pyridine rings is 1. The molecule has 1 aromatic heterocycles. The molecule has 1 aromatic rings. The van der Waals surface area contributed by atoms with Crippen LogP contribution in [0.5, 0.6) is 0 Å². The van der Waals surface area contributed by atoms with Gasteiger partial charge in [-0.3, -0.25) is 4.79 Å². The van der Waals surface area contributed by atoms with E-state index in [1.807, 2.05) is 0 Å². The highest BCUT2D eigenvalue weighted by Gasteiger charge is 2.09. The van der Waals surface area contributed by atoms with Gasteiger partial charge in [0.05, 0.1) is 0 Å². The fraction of sp³-hybridized carbons (Fsp3) is 0.500. The Morgan fingerprint density at radius 1 is 1.56 bits per heavy atom. The van der Waals surface area contributed by atoms with E-state index in [0.29, 0.717) is 28.3 Å². The number of nitrogens with one attached hydrogen (secondary N) is 2. The van der Waals surface area contributed by atoms with Crippen molar-refractivity contribution in [2.75, 3.05) is 25.2 Å². The molecule has 1 amide bonds. The Morgan fingerprint density at radius 3 is 2.89 bits per heavy atom. The van der Waals surface area contributed by atoms with Crippen molar-refractivity contribution in [3.63, 3.8) is 0 Å². The van der Waals surface area contributed by atoms with E-state index in [1.54, 1.807) is 30.9 Å². The van der Waals surface area contributed by atoms with Crippen molar-refractivity contribution in [3.8, 4) is 0 Å². The highest BCUT2D eigenvalue weighted by Crippen LogP contribution is 2.14. The monoisotopic (exact) mass is 287 g/mol. The number of hydrogen-bond acceptors (Lipinski definition) is 4. The van der Waals surface area contributed by atoms with Crippen LogP contribution in [0, 0.1) is 0 Å². The van der Waals surface area contributed by atoms with Crippen LogP contribution in [0.3, 0.4) is 0 Å². The normalized spacial score (nSPS) is 12.0. The summed E-state index contributed by atoms with van der Waals surface area (Å²) in [5.74, 6) is 0.467. The summed E-state index contributed by atoms with van der Waals surface area (Å²) in [6.07, 6.45) is 3.01. The molecule has 0 saturated carbocycles. The third kappa shape index (κ3) is 4.74. The molecule has 1 rings (SSSR count). The van der Waals surface area contributed by atoms with Gasteiger partial charge < -0.3 is 10.6 Å². The molecule has 0 aliphatic heterocycles. The Labute approximate surface area is 117 Å². The fourth-order valence-corrected chi connectivity index (χ4v) is 1.93. The number of nitrogens with zero attached hydrogens (tertiary/aromatic N) is 1. The van der Waals surface area contributed by atoms with Gasteiger partial charge in [-0.05, 0) is 24.8 Å². The van der Waals surface area contributed by atoms with Crippen LogP contribution in [0.25, 0.3) is 0 Å². The van der Waals surface area contributed by atoms with Crippen molar-refractivity contribution < 1.29 is 4.79 Å². The maximum absolute atomic E-state index is 11.9. The first-order valence-corrected chi connectivity index (χ1v) is 7.39. The molecule has 0 saturated heterocycles. The molecule has 0 fully saturated rings. The lowest BCUT2D eigenvalue weighted by Crippen LogP contribution is -2.26. The van der Waals surface area contributed by atoms with Gasteiger partial charge >= 0.3 is 0 Å². The summed E-state index contributed by atoms with van der Waals surface area (Å²) >= 11 is 7.63. The van der Waals surface area contributed by atoms with Crippen molar-refractivity contribution in [3.05, 3.63) is 22.8 Å². The van der Waals surface area contributed by atoms with E-state index >= 15 is 0 Å². The first-order chi connectivity index (χ1) is 8.56. The Morgan fingerprint density at radius 2 is 2.28 bits per heavy atom. The predicted molar refractivity (Wildman–Crippen MR) is 78.7 cm³/mol. The average Bonchev–Trinajstić information content (AvgIpc) is 2.37. The molecule has 1 unspecified atom stereocenters. The Hall–Kier alpha value is -0.940. The number of aromatic nitrogens is 1. The lowest BCUT2D eigenvalue weighted by atomic mass is 10.2. The first-order valence-electron chi connectivity index (χ1n) is 5.73. The molecule has 0 aliphatic rings. The van der Waals surface area contributed by atoms with E-state index in [9.17, 15) is 4.79 Å². The third-order valence-corrected chi connectivity index (χ3v) is 3.79. The highest BCUT2D eigenvalue weighted by molar-refractivity contribution is 7.99. The molecule has 0 aliphatic carbocycles. The summed E-state index contributed by atoms with van der Waals surface area (Å²) < 4.78 is 0. The van der Waals surface area contributed by atoms with Gasteiger partial charge in [0, 0.05) is 24.4 Å². The number of carbonyl (C=O) groups is 1. The van der Waals surface area contributed by atoms with Gasteiger partial charge in [-0.1, -0.05) is 18.5 Å². The van der Waals surface area contributed by atoms with E-state index in [4.69, 9.17) is 11.6 Å². The van der Waals surface area contributed by atoms with E-state index in [1.165, 1.54) is 0 Å². The zero-order valence-electron chi connectivity index (χ0n) is 10.8. The number of thioether (sulfide) groups is 1. The van der Waals surface area contributed by atoms with Crippen LogP contribution in [0.1, 0.15) is 23.7 Å². The smallest absolute Gasteiger partial charge is 0.251 e.